The molecule has 6 heteroatoms. The average molecular weight is 339 g/mol. The van der Waals surface area contributed by atoms with Gasteiger partial charge in [-0.25, -0.2) is 9.37 Å². The first kappa shape index (κ1) is 15.8. The van der Waals surface area contributed by atoms with Gasteiger partial charge in [0.05, 0.1) is 30.7 Å². The Hall–Kier alpha value is -2.73. The van der Waals surface area contributed by atoms with E-state index in [1.807, 2.05) is 4.40 Å². The summed E-state index contributed by atoms with van der Waals surface area (Å²) in [5.41, 5.74) is 2.03. The van der Waals surface area contributed by atoms with Crippen molar-refractivity contribution in [2.24, 2.45) is 0 Å². The first-order chi connectivity index (χ1) is 12.1. The van der Waals surface area contributed by atoms with Crippen LogP contribution in [0.25, 0.3) is 5.52 Å². The van der Waals surface area contributed by atoms with Gasteiger partial charge in [0.25, 0.3) is 5.91 Å². The number of carbonyl (C=O) groups is 1. The highest BCUT2D eigenvalue weighted by atomic mass is 19.1. The van der Waals surface area contributed by atoms with Crippen LogP contribution in [0.1, 0.15) is 34.9 Å². The van der Waals surface area contributed by atoms with Crippen LogP contribution < -0.4 is 0 Å². The van der Waals surface area contributed by atoms with E-state index in [0.29, 0.717) is 11.1 Å². The van der Waals surface area contributed by atoms with Gasteiger partial charge in [0.15, 0.2) is 0 Å². The van der Waals surface area contributed by atoms with Gasteiger partial charge in [0.2, 0.25) is 0 Å². The Morgan fingerprint density at radius 1 is 1.32 bits per heavy atom. The summed E-state index contributed by atoms with van der Waals surface area (Å²) in [6.07, 6.45) is 6.22. The molecule has 2 aromatic heterocycles. The molecular weight excluding hydrogens is 321 g/mol. The summed E-state index contributed by atoms with van der Waals surface area (Å²) < 4.78 is 14.9. The van der Waals surface area contributed by atoms with Gasteiger partial charge in [0, 0.05) is 17.8 Å². The summed E-state index contributed by atoms with van der Waals surface area (Å²) in [5.74, 6) is -0.451. The van der Waals surface area contributed by atoms with Crippen molar-refractivity contribution in [1.29, 1.82) is 0 Å². The number of pyridine rings is 1. The molecule has 1 amide bonds. The monoisotopic (exact) mass is 339 g/mol. The smallest absolute Gasteiger partial charge is 0.254 e. The molecule has 2 heterocycles. The zero-order valence-corrected chi connectivity index (χ0v) is 13.5. The first-order valence-electron chi connectivity index (χ1n) is 8.28. The Balaban J connectivity index is 1.56. The fraction of sp³-hybridized carbons (Fsp3) is 0.263. The molecule has 3 aromatic rings. The van der Waals surface area contributed by atoms with E-state index in [4.69, 9.17) is 0 Å². The van der Waals surface area contributed by atoms with Gasteiger partial charge in [0.1, 0.15) is 5.82 Å². The minimum Gasteiger partial charge on any atom is -0.387 e. The van der Waals surface area contributed by atoms with Crippen molar-refractivity contribution in [3.05, 3.63) is 72.1 Å². The normalized spacial score (nSPS) is 15.3. The molecule has 1 fully saturated rings. The number of aromatic nitrogens is 2. The standard InChI is InChI=1S/C19H18FN3O2/c20-15-3-1-13(2-4-15)18(24)11-23(16-5-6-16)19(25)14-7-8-22-12-21-10-17(22)9-14/h1-4,7-10,12,16,18,24H,5-6,11H2. The highest BCUT2D eigenvalue weighted by Gasteiger charge is 2.34. The number of hydrogen-bond acceptors (Lipinski definition) is 3. The average Bonchev–Trinajstić information content (AvgIpc) is 3.35. The van der Waals surface area contributed by atoms with E-state index in [1.165, 1.54) is 12.1 Å². The Bertz CT molecular complexity index is 902. The summed E-state index contributed by atoms with van der Waals surface area (Å²) in [6, 6.07) is 9.45. The quantitative estimate of drug-likeness (QED) is 0.778. The highest BCUT2D eigenvalue weighted by molar-refractivity contribution is 5.95. The summed E-state index contributed by atoms with van der Waals surface area (Å²) >= 11 is 0. The minimum atomic E-state index is -0.844. The van der Waals surface area contributed by atoms with Crippen molar-refractivity contribution < 1.29 is 14.3 Å². The van der Waals surface area contributed by atoms with Crippen LogP contribution in [0.3, 0.4) is 0 Å². The van der Waals surface area contributed by atoms with Crippen LogP contribution in [0.2, 0.25) is 0 Å². The second-order valence-corrected chi connectivity index (χ2v) is 6.40. The van der Waals surface area contributed by atoms with Crippen LogP contribution in [0.15, 0.2) is 55.1 Å². The van der Waals surface area contributed by atoms with E-state index in [-0.39, 0.29) is 24.3 Å². The van der Waals surface area contributed by atoms with Crippen LogP contribution in [-0.4, -0.2) is 37.9 Å². The number of fused-ring (bicyclic) bond motifs is 1. The molecular formula is C19H18FN3O2. The van der Waals surface area contributed by atoms with Gasteiger partial charge in [-0.3, -0.25) is 4.79 Å². The number of carbonyl (C=O) groups excluding carboxylic acids is 1. The molecule has 5 nitrogen and oxygen atoms in total. The van der Waals surface area contributed by atoms with Gasteiger partial charge in [-0.2, -0.15) is 0 Å². The summed E-state index contributed by atoms with van der Waals surface area (Å²) in [5, 5.41) is 10.5. The Morgan fingerprint density at radius 2 is 2.08 bits per heavy atom. The van der Waals surface area contributed by atoms with Gasteiger partial charge in [-0.15, -0.1) is 0 Å². The Labute approximate surface area is 144 Å². The van der Waals surface area contributed by atoms with Crippen LogP contribution in [0, 0.1) is 5.82 Å². The maximum Gasteiger partial charge on any atom is 0.254 e. The summed E-state index contributed by atoms with van der Waals surface area (Å²) in [7, 11) is 0. The molecule has 0 bridgehead atoms. The number of imidazole rings is 1. The lowest BCUT2D eigenvalue weighted by atomic mass is 10.1. The SMILES string of the molecule is O=C(c1ccn2cncc2c1)N(CC(O)c1ccc(F)cc1)C1CC1. The summed E-state index contributed by atoms with van der Waals surface area (Å²) in [6.45, 7) is 0.194. The number of benzene rings is 1. The van der Waals surface area contributed by atoms with Gasteiger partial charge in [-0.05, 0) is 42.7 Å². The van der Waals surface area contributed by atoms with E-state index >= 15 is 0 Å². The minimum absolute atomic E-state index is 0.104. The molecule has 0 saturated heterocycles. The van der Waals surface area contributed by atoms with Gasteiger partial charge in [-0.1, -0.05) is 12.1 Å². The third kappa shape index (κ3) is 3.25. The zero-order chi connectivity index (χ0) is 17.4. The van der Waals surface area contributed by atoms with Crippen molar-refractivity contribution in [2.75, 3.05) is 6.54 Å². The van der Waals surface area contributed by atoms with Gasteiger partial charge >= 0.3 is 0 Å². The van der Waals surface area contributed by atoms with E-state index in [0.717, 1.165) is 18.4 Å². The fourth-order valence-electron chi connectivity index (χ4n) is 2.98. The molecule has 1 aromatic carbocycles. The van der Waals surface area contributed by atoms with Crippen LogP contribution in [0.5, 0.6) is 0 Å². The number of hydrogen-bond donors (Lipinski definition) is 1. The van der Waals surface area contributed by atoms with E-state index in [9.17, 15) is 14.3 Å². The van der Waals surface area contributed by atoms with E-state index < -0.39 is 6.10 Å². The maximum atomic E-state index is 13.0. The van der Waals surface area contributed by atoms with Crippen molar-refractivity contribution in [3.63, 3.8) is 0 Å². The molecule has 128 valence electrons. The number of nitrogens with zero attached hydrogens (tertiary/aromatic N) is 3. The molecule has 1 aliphatic rings. The van der Waals surface area contributed by atoms with Crippen LogP contribution >= 0.6 is 0 Å². The predicted octanol–water partition coefficient (Wildman–Crippen LogP) is 2.81. The maximum absolute atomic E-state index is 13.0. The predicted molar refractivity (Wildman–Crippen MR) is 90.6 cm³/mol. The Kier molecular flexibility index (Phi) is 3.97. The first-order valence-corrected chi connectivity index (χ1v) is 8.28. The number of aliphatic hydroxyl groups is 1. The van der Waals surface area contributed by atoms with Crippen molar-refractivity contribution in [3.8, 4) is 0 Å². The summed E-state index contributed by atoms with van der Waals surface area (Å²) in [4.78, 5) is 18.7. The van der Waals surface area contributed by atoms with E-state index in [1.54, 1.807) is 47.9 Å². The molecule has 1 atom stereocenters. The van der Waals surface area contributed by atoms with Crippen molar-refractivity contribution in [2.45, 2.75) is 25.0 Å². The molecule has 25 heavy (non-hydrogen) atoms. The number of rotatable bonds is 5. The third-order valence-electron chi connectivity index (χ3n) is 4.53. The lowest BCUT2D eigenvalue weighted by molar-refractivity contribution is 0.0603. The third-order valence-corrected chi connectivity index (χ3v) is 4.53. The largest absolute Gasteiger partial charge is 0.387 e. The van der Waals surface area contributed by atoms with Crippen LogP contribution in [-0.2, 0) is 0 Å². The topological polar surface area (TPSA) is 57.8 Å². The van der Waals surface area contributed by atoms with Crippen molar-refractivity contribution >= 4 is 11.4 Å². The van der Waals surface area contributed by atoms with Gasteiger partial charge < -0.3 is 14.4 Å². The molecule has 0 spiro atoms. The van der Waals surface area contributed by atoms with Crippen molar-refractivity contribution in [1.82, 2.24) is 14.3 Å². The van der Waals surface area contributed by atoms with Crippen LogP contribution in [0.4, 0.5) is 4.39 Å². The Morgan fingerprint density at radius 3 is 2.80 bits per heavy atom. The molecule has 1 saturated carbocycles. The molecule has 1 unspecified atom stereocenters. The molecule has 0 aliphatic heterocycles. The molecule has 1 aliphatic carbocycles. The second-order valence-electron chi connectivity index (χ2n) is 6.40. The molecule has 4 rings (SSSR count). The highest BCUT2D eigenvalue weighted by Crippen LogP contribution is 2.30. The lowest BCUT2D eigenvalue weighted by Crippen LogP contribution is -2.36. The lowest BCUT2D eigenvalue weighted by Gasteiger charge is -2.25. The second kappa shape index (κ2) is 6.29. The zero-order valence-electron chi connectivity index (χ0n) is 13.5. The molecule has 0 radical (unpaired) electrons. The molecule has 1 N–H and O–H groups in total. The number of aliphatic hydroxyl groups excluding tert-OH is 1. The number of amides is 1. The fourth-order valence-corrected chi connectivity index (χ4v) is 2.98. The van der Waals surface area contributed by atoms with E-state index in [2.05, 4.69) is 4.98 Å². The number of halogens is 1.